The van der Waals surface area contributed by atoms with Crippen LogP contribution in [0, 0.1) is 29.0 Å². The second-order valence-electron chi connectivity index (χ2n) is 14.0. The summed E-state index contributed by atoms with van der Waals surface area (Å²) in [6.07, 6.45) is 3.91. The molecule has 13 heteroatoms. The van der Waals surface area contributed by atoms with Crippen LogP contribution in [0.15, 0.2) is 52.5 Å². The van der Waals surface area contributed by atoms with Crippen molar-refractivity contribution in [2.75, 3.05) is 38.7 Å². The predicted octanol–water partition coefficient (Wildman–Crippen LogP) is 4.65. The highest BCUT2D eigenvalue weighted by Crippen LogP contribution is 2.61. The fraction of sp³-hybridized carbons (Fsp3) is 0.514. The molecular formula is C35H43F2N9O2. The number of nitrogens with one attached hydrogen (secondary N) is 3. The van der Waals surface area contributed by atoms with Gasteiger partial charge in [-0.3, -0.25) is 14.5 Å². The maximum atomic E-state index is 14.8. The quantitative estimate of drug-likeness (QED) is 0.185. The first kappa shape index (κ1) is 32.2. The maximum absolute atomic E-state index is 14.8. The Morgan fingerprint density at radius 1 is 1.21 bits per heavy atom. The van der Waals surface area contributed by atoms with E-state index in [1.165, 1.54) is 30.5 Å². The number of anilines is 1. The number of halogens is 2. The molecule has 48 heavy (non-hydrogen) atoms. The van der Waals surface area contributed by atoms with E-state index in [0.717, 1.165) is 18.1 Å². The van der Waals surface area contributed by atoms with Gasteiger partial charge in [-0.15, -0.1) is 0 Å². The van der Waals surface area contributed by atoms with E-state index < -0.39 is 12.5 Å². The number of H-pyrrole nitrogens is 1. The Kier molecular flexibility index (Phi) is 8.65. The summed E-state index contributed by atoms with van der Waals surface area (Å²) in [7, 11) is 1.49. The minimum absolute atomic E-state index is 0.169. The molecule has 0 amide bonds. The normalized spacial score (nSPS) is 25.2. The molecule has 2 aromatic heterocycles. The van der Waals surface area contributed by atoms with Gasteiger partial charge in [0, 0.05) is 37.9 Å². The number of nitrogens with zero attached hydrogens (tertiary/aromatic N) is 6. The third-order valence-corrected chi connectivity index (χ3v) is 11.0. The van der Waals surface area contributed by atoms with E-state index in [1.54, 1.807) is 18.2 Å². The molecular weight excluding hydrogens is 616 g/mol. The number of rotatable bonds is 8. The molecule has 2 aromatic carbocycles. The summed E-state index contributed by atoms with van der Waals surface area (Å²) in [5.74, 6) is 3.09. The topological polar surface area (TPSA) is 125 Å². The molecule has 4 aliphatic rings. The van der Waals surface area contributed by atoms with Gasteiger partial charge in [0.1, 0.15) is 24.6 Å². The Hall–Kier alpha value is -4.39. The Bertz CT molecular complexity index is 1880. The molecule has 4 fully saturated rings. The first-order valence-electron chi connectivity index (χ1n) is 16.8. The molecule has 3 saturated carbocycles. The van der Waals surface area contributed by atoms with Gasteiger partial charge in [-0.1, -0.05) is 26.8 Å². The highest BCUT2D eigenvalue weighted by atomic mass is 19.1. The largest absolute Gasteiger partial charge is 0.497 e. The smallest absolute Gasteiger partial charge is 0.261 e. The second-order valence-corrected chi connectivity index (χ2v) is 14.0. The first-order chi connectivity index (χ1) is 23.2. The molecule has 3 N–H and O–H groups in total. The van der Waals surface area contributed by atoms with Gasteiger partial charge in [0.05, 0.1) is 30.1 Å². The van der Waals surface area contributed by atoms with Gasteiger partial charge in [-0.2, -0.15) is 5.10 Å². The SMILES string of the molecule is COc1ccc(CCn2c(-c3ncn[nH]3)nc3cc(NC(=N[C@H]4C[C@@H]5C[C@H]([C@@H]4C)C5(C)C)N4CCN[C@@H](CF)C4)ccc3c2=O)c(F)c1. The first-order valence-corrected chi connectivity index (χ1v) is 16.8. The molecule has 3 heterocycles. The van der Waals surface area contributed by atoms with Crippen molar-refractivity contribution < 1.29 is 13.5 Å². The maximum Gasteiger partial charge on any atom is 0.261 e. The molecule has 0 spiro atoms. The summed E-state index contributed by atoms with van der Waals surface area (Å²) in [5.41, 5.74) is 1.71. The average molecular weight is 660 g/mol. The number of aliphatic imine (C=N–C) groups is 1. The van der Waals surface area contributed by atoms with Crippen molar-refractivity contribution in [3.05, 3.63) is 64.5 Å². The van der Waals surface area contributed by atoms with Crippen LogP contribution in [-0.2, 0) is 13.0 Å². The van der Waals surface area contributed by atoms with Crippen LogP contribution < -0.4 is 20.9 Å². The van der Waals surface area contributed by atoms with Crippen LogP contribution in [-0.4, -0.2) is 81.1 Å². The Morgan fingerprint density at radius 3 is 2.77 bits per heavy atom. The fourth-order valence-corrected chi connectivity index (χ4v) is 7.98. The lowest BCUT2D eigenvalue weighted by Gasteiger charge is -2.61. The number of hydrogen-bond donors (Lipinski definition) is 3. The number of aromatic amines is 1. The van der Waals surface area contributed by atoms with Crippen molar-refractivity contribution in [2.24, 2.45) is 28.2 Å². The van der Waals surface area contributed by atoms with Crippen molar-refractivity contribution in [2.45, 2.75) is 58.7 Å². The number of hydrogen-bond acceptors (Lipinski definition) is 7. The van der Waals surface area contributed by atoms with Crippen LogP contribution in [0.3, 0.4) is 0 Å². The molecule has 4 aromatic rings. The summed E-state index contributed by atoms with van der Waals surface area (Å²) in [4.78, 5) is 30.5. The molecule has 0 unspecified atom stereocenters. The van der Waals surface area contributed by atoms with E-state index in [9.17, 15) is 13.6 Å². The van der Waals surface area contributed by atoms with Crippen LogP contribution in [0.5, 0.6) is 5.75 Å². The number of fused-ring (bicyclic) bond motifs is 3. The number of benzene rings is 2. The molecule has 8 rings (SSSR count). The zero-order valence-electron chi connectivity index (χ0n) is 27.8. The van der Waals surface area contributed by atoms with Crippen molar-refractivity contribution >= 4 is 22.5 Å². The van der Waals surface area contributed by atoms with E-state index in [1.807, 2.05) is 12.1 Å². The van der Waals surface area contributed by atoms with Crippen LogP contribution >= 0.6 is 0 Å². The number of piperazine rings is 1. The summed E-state index contributed by atoms with van der Waals surface area (Å²) >= 11 is 0. The number of aryl methyl sites for hydroxylation is 1. The van der Waals surface area contributed by atoms with Crippen LogP contribution in [0.1, 0.15) is 39.2 Å². The molecule has 254 valence electrons. The Balaban J connectivity index is 1.22. The van der Waals surface area contributed by atoms with Gasteiger partial charge in [0.2, 0.25) is 0 Å². The molecule has 2 bridgehead atoms. The highest BCUT2D eigenvalue weighted by Gasteiger charge is 2.56. The van der Waals surface area contributed by atoms with Crippen LogP contribution in [0.25, 0.3) is 22.6 Å². The van der Waals surface area contributed by atoms with Gasteiger partial charge >= 0.3 is 0 Å². The summed E-state index contributed by atoms with van der Waals surface area (Å²) in [6.45, 7) is 8.65. The average Bonchev–Trinajstić information content (AvgIpc) is 3.63. The number of aromatic nitrogens is 5. The van der Waals surface area contributed by atoms with Gasteiger partial charge in [0.25, 0.3) is 5.56 Å². The van der Waals surface area contributed by atoms with E-state index in [4.69, 9.17) is 14.7 Å². The molecule has 1 aliphatic heterocycles. The molecule has 5 atom stereocenters. The number of alkyl halides is 1. The van der Waals surface area contributed by atoms with E-state index in [-0.39, 0.29) is 30.6 Å². The molecule has 11 nitrogen and oxygen atoms in total. The fourth-order valence-electron chi connectivity index (χ4n) is 7.98. The zero-order chi connectivity index (χ0) is 33.6. The third-order valence-electron chi connectivity index (χ3n) is 11.0. The zero-order valence-corrected chi connectivity index (χ0v) is 27.8. The van der Waals surface area contributed by atoms with Crippen molar-refractivity contribution in [1.82, 2.24) is 34.9 Å². The summed E-state index contributed by atoms with van der Waals surface area (Å²) < 4.78 is 35.2. The molecule has 1 saturated heterocycles. The van der Waals surface area contributed by atoms with Crippen LogP contribution in [0.2, 0.25) is 0 Å². The lowest BCUT2D eigenvalue weighted by Crippen LogP contribution is -2.58. The Morgan fingerprint density at radius 2 is 2.06 bits per heavy atom. The lowest BCUT2D eigenvalue weighted by molar-refractivity contribution is -0.108. The van der Waals surface area contributed by atoms with E-state index in [0.29, 0.717) is 76.7 Å². The van der Waals surface area contributed by atoms with E-state index in [2.05, 4.69) is 51.5 Å². The van der Waals surface area contributed by atoms with Gasteiger partial charge in [-0.25, -0.2) is 23.7 Å². The van der Waals surface area contributed by atoms with Crippen LogP contribution in [0.4, 0.5) is 14.5 Å². The standard InChI is InChI=1S/C35H43F2N9O2/c1-20-27-13-22(35(27,2)3)14-29(20)43-34(45-12-10-38-24(17-36)18-45)41-23-6-8-26-30(15-23)42-32(31-39-19-40-44-31)46(33(26)47)11-9-21-5-7-25(48-4)16-28(21)37/h5-8,15-16,19-20,22,24,27,29,38H,9-14,17-18H2,1-4H3,(H,41,43)(H,39,40,44)/t20-,22-,24-,27+,29-/m0/s1. The van der Waals surface area contributed by atoms with E-state index >= 15 is 0 Å². The number of guanidine groups is 1. The summed E-state index contributed by atoms with van der Waals surface area (Å²) in [6, 6.07) is 10.0. The minimum atomic E-state index is -0.455. The number of ether oxygens (including phenoxy) is 1. The second kappa shape index (κ2) is 12.9. The van der Waals surface area contributed by atoms with Crippen molar-refractivity contribution in [3.63, 3.8) is 0 Å². The summed E-state index contributed by atoms with van der Waals surface area (Å²) in [5, 5.41) is 14.0. The van der Waals surface area contributed by atoms with Crippen molar-refractivity contribution in [3.8, 4) is 17.4 Å². The number of methoxy groups -OCH3 is 1. The van der Waals surface area contributed by atoms with Gasteiger partial charge in [-0.05, 0) is 72.3 Å². The Labute approximate surface area is 278 Å². The predicted molar refractivity (Wildman–Crippen MR) is 181 cm³/mol. The third kappa shape index (κ3) is 5.93. The van der Waals surface area contributed by atoms with Gasteiger partial charge < -0.3 is 20.3 Å². The lowest BCUT2D eigenvalue weighted by atomic mass is 9.45. The van der Waals surface area contributed by atoms with Crippen molar-refractivity contribution in [1.29, 1.82) is 0 Å². The van der Waals surface area contributed by atoms with Gasteiger partial charge in [0.15, 0.2) is 17.6 Å². The highest BCUT2D eigenvalue weighted by molar-refractivity contribution is 5.96. The molecule has 0 radical (unpaired) electrons. The molecule has 3 aliphatic carbocycles. The monoisotopic (exact) mass is 659 g/mol. The minimum Gasteiger partial charge on any atom is -0.497 e.